The molecule has 0 unspecified atom stereocenters. The summed E-state index contributed by atoms with van der Waals surface area (Å²) in [4.78, 5) is 1.55. The van der Waals surface area contributed by atoms with E-state index in [1.165, 1.54) is 0 Å². The lowest BCUT2D eigenvalue weighted by Gasteiger charge is -2.31. The van der Waals surface area contributed by atoms with Gasteiger partial charge in [-0.1, -0.05) is 27.5 Å². The molecule has 7 heteroatoms. The molecule has 0 aliphatic carbocycles. The lowest BCUT2D eigenvalue weighted by Crippen LogP contribution is -3.12. The number of hydrogen-bond acceptors (Lipinski definition) is 2. The van der Waals surface area contributed by atoms with Crippen molar-refractivity contribution in [3.05, 3.63) is 27.7 Å². The van der Waals surface area contributed by atoms with Gasteiger partial charge in [-0.05, 0) is 30.4 Å². The van der Waals surface area contributed by atoms with E-state index in [2.05, 4.69) is 38.7 Å². The molecule has 19 heavy (non-hydrogen) atoms. The average molecular weight is 365 g/mol. The number of likely N-dealkylation sites (N-methyl/N-ethyl adjacent to an activating group) is 1. The van der Waals surface area contributed by atoms with Crippen molar-refractivity contribution in [2.45, 2.75) is 0 Å². The SMILES string of the molecule is C[NH+]1CCN(NC(=S)Nc2ccc(Br)cc2Cl)CC1. The van der Waals surface area contributed by atoms with Crippen LogP contribution in [0.15, 0.2) is 22.7 Å². The maximum absolute atomic E-state index is 6.14. The van der Waals surface area contributed by atoms with E-state index in [9.17, 15) is 0 Å². The van der Waals surface area contributed by atoms with Gasteiger partial charge in [0.2, 0.25) is 0 Å². The Hall–Kier alpha value is -0.400. The lowest BCUT2D eigenvalue weighted by atomic mass is 10.3. The number of hydrogen-bond donors (Lipinski definition) is 3. The van der Waals surface area contributed by atoms with Gasteiger partial charge < -0.3 is 10.2 Å². The van der Waals surface area contributed by atoms with E-state index in [0.717, 1.165) is 36.3 Å². The molecule has 4 nitrogen and oxygen atoms in total. The topological polar surface area (TPSA) is 31.7 Å². The van der Waals surface area contributed by atoms with Crippen LogP contribution in [0, 0.1) is 0 Å². The van der Waals surface area contributed by atoms with E-state index in [-0.39, 0.29) is 0 Å². The Balaban J connectivity index is 1.87. The maximum Gasteiger partial charge on any atom is 0.185 e. The first-order valence-corrected chi connectivity index (χ1v) is 7.71. The zero-order valence-corrected chi connectivity index (χ0v) is 13.8. The van der Waals surface area contributed by atoms with Crippen LogP contribution in [0.2, 0.25) is 5.02 Å². The smallest absolute Gasteiger partial charge is 0.185 e. The minimum Gasteiger partial charge on any atom is -0.335 e. The van der Waals surface area contributed by atoms with Crippen LogP contribution in [0.3, 0.4) is 0 Å². The summed E-state index contributed by atoms with van der Waals surface area (Å²) >= 11 is 14.8. The van der Waals surface area contributed by atoms with Crippen molar-refractivity contribution in [1.29, 1.82) is 0 Å². The molecule has 3 N–H and O–H groups in total. The third kappa shape index (κ3) is 4.57. The molecule has 0 radical (unpaired) electrons. The standard InChI is InChI=1S/C12H16BrClN4S/c1-17-4-6-18(7-5-17)16-12(19)15-11-3-2-9(13)8-10(11)14/h2-3,8H,4-7H2,1H3,(H2,15,16,19)/p+1. The summed E-state index contributed by atoms with van der Waals surface area (Å²) in [5.74, 6) is 0. The van der Waals surface area contributed by atoms with Crippen molar-refractivity contribution in [1.82, 2.24) is 10.4 Å². The zero-order chi connectivity index (χ0) is 13.8. The summed E-state index contributed by atoms with van der Waals surface area (Å²) in [6.45, 7) is 4.22. The molecule has 104 valence electrons. The van der Waals surface area contributed by atoms with Crippen molar-refractivity contribution >= 4 is 50.5 Å². The van der Waals surface area contributed by atoms with Crippen molar-refractivity contribution in [3.8, 4) is 0 Å². The minimum atomic E-state index is 0.573. The highest BCUT2D eigenvalue weighted by Gasteiger charge is 2.17. The molecule has 1 aliphatic heterocycles. The number of benzene rings is 1. The Kier molecular flexibility index (Phi) is 5.41. The van der Waals surface area contributed by atoms with Crippen LogP contribution in [-0.4, -0.2) is 43.3 Å². The van der Waals surface area contributed by atoms with E-state index >= 15 is 0 Å². The van der Waals surface area contributed by atoms with Crippen molar-refractivity contribution in [3.63, 3.8) is 0 Å². The first-order valence-electron chi connectivity index (χ1n) is 6.13. The van der Waals surface area contributed by atoms with Gasteiger partial charge in [0.15, 0.2) is 5.11 Å². The van der Waals surface area contributed by atoms with Crippen LogP contribution in [0.5, 0.6) is 0 Å². The Labute approximate surface area is 132 Å². The Morgan fingerprint density at radius 1 is 1.42 bits per heavy atom. The first kappa shape index (κ1) is 15.0. The zero-order valence-electron chi connectivity index (χ0n) is 10.7. The molecule has 1 heterocycles. The number of nitrogens with one attached hydrogen (secondary N) is 3. The quantitative estimate of drug-likeness (QED) is 0.687. The molecule has 1 aromatic rings. The third-order valence-corrected chi connectivity index (χ3v) is 4.06. The van der Waals surface area contributed by atoms with Crippen LogP contribution in [0.1, 0.15) is 0 Å². The molecule has 0 aromatic heterocycles. The molecule has 2 rings (SSSR count). The van der Waals surface area contributed by atoms with E-state index < -0.39 is 0 Å². The fourth-order valence-corrected chi connectivity index (χ4v) is 2.84. The summed E-state index contributed by atoms with van der Waals surface area (Å²) in [6.07, 6.45) is 0. The Bertz CT molecular complexity index is 463. The van der Waals surface area contributed by atoms with E-state index in [1.807, 2.05) is 18.2 Å². The van der Waals surface area contributed by atoms with Gasteiger partial charge in [-0.15, -0.1) is 0 Å². The second-order valence-corrected chi connectivity index (χ2v) is 6.37. The highest BCUT2D eigenvalue weighted by atomic mass is 79.9. The molecule has 1 fully saturated rings. The largest absolute Gasteiger partial charge is 0.335 e. The van der Waals surface area contributed by atoms with Gasteiger partial charge in [0, 0.05) is 4.47 Å². The molecule has 0 saturated carbocycles. The summed E-state index contributed by atoms with van der Waals surface area (Å²) in [5.41, 5.74) is 4.01. The van der Waals surface area contributed by atoms with E-state index in [4.69, 9.17) is 23.8 Å². The van der Waals surface area contributed by atoms with Gasteiger partial charge in [-0.25, -0.2) is 5.01 Å². The summed E-state index contributed by atoms with van der Waals surface area (Å²) in [7, 11) is 2.20. The van der Waals surface area contributed by atoms with Gasteiger partial charge in [0.1, 0.15) is 0 Å². The molecule has 0 atom stereocenters. The Morgan fingerprint density at radius 3 is 2.74 bits per heavy atom. The van der Waals surface area contributed by atoms with Gasteiger partial charge in [-0.3, -0.25) is 5.43 Å². The molecular formula is C12H17BrClN4S+. The minimum absolute atomic E-state index is 0.573. The first-order chi connectivity index (χ1) is 9.04. The van der Waals surface area contributed by atoms with Crippen molar-refractivity contribution in [2.75, 3.05) is 38.5 Å². The van der Waals surface area contributed by atoms with Gasteiger partial charge in [0.25, 0.3) is 0 Å². The highest BCUT2D eigenvalue weighted by Crippen LogP contribution is 2.25. The highest BCUT2D eigenvalue weighted by molar-refractivity contribution is 9.10. The van der Waals surface area contributed by atoms with E-state index in [1.54, 1.807) is 4.90 Å². The predicted octanol–water partition coefficient (Wildman–Crippen LogP) is 1.13. The summed E-state index contributed by atoms with van der Waals surface area (Å²) in [5, 5.41) is 6.46. The molecule has 1 saturated heterocycles. The van der Waals surface area contributed by atoms with Crippen LogP contribution in [0.25, 0.3) is 0 Å². The number of thiocarbonyl (C=S) groups is 1. The van der Waals surface area contributed by atoms with Crippen LogP contribution in [-0.2, 0) is 0 Å². The number of nitrogens with zero attached hydrogens (tertiary/aromatic N) is 1. The molecular weight excluding hydrogens is 348 g/mol. The number of hydrazine groups is 1. The summed E-state index contributed by atoms with van der Waals surface area (Å²) < 4.78 is 0.948. The molecule has 0 amide bonds. The number of anilines is 1. The van der Waals surface area contributed by atoms with Gasteiger partial charge in [0.05, 0.1) is 43.9 Å². The lowest BCUT2D eigenvalue weighted by molar-refractivity contribution is -0.884. The van der Waals surface area contributed by atoms with Gasteiger partial charge in [-0.2, -0.15) is 0 Å². The molecule has 1 aliphatic rings. The normalized spacial score (nSPS) is 17.2. The third-order valence-electron chi connectivity index (χ3n) is 3.06. The van der Waals surface area contributed by atoms with Crippen molar-refractivity contribution < 1.29 is 4.90 Å². The summed E-state index contributed by atoms with van der Waals surface area (Å²) in [6, 6.07) is 5.66. The second kappa shape index (κ2) is 6.85. The van der Waals surface area contributed by atoms with Crippen LogP contribution >= 0.6 is 39.7 Å². The number of rotatable bonds is 2. The number of piperazine rings is 1. The van der Waals surface area contributed by atoms with Crippen LogP contribution in [0.4, 0.5) is 5.69 Å². The fraction of sp³-hybridized carbons (Fsp3) is 0.417. The van der Waals surface area contributed by atoms with Gasteiger partial charge >= 0.3 is 0 Å². The molecule has 0 spiro atoms. The predicted molar refractivity (Wildman–Crippen MR) is 86.7 cm³/mol. The molecule has 1 aromatic carbocycles. The van der Waals surface area contributed by atoms with Crippen LogP contribution < -0.4 is 15.6 Å². The second-order valence-electron chi connectivity index (χ2n) is 4.63. The average Bonchev–Trinajstić information content (AvgIpc) is 2.36. The maximum atomic E-state index is 6.14. The van der Waals surface area contributed by atoms with E-state index in [0.29, 0.717) is 10.1 Å². The number of halogens is 2. The van der Waals surface area contributed by atoms with Crippen molar-refractivity contribution in [2.24, 2.45) is 0 Å². The Morgan fingerprint density at radius 2 is 2.11 bits per heavy atom. The monoisotopic (exact) mass is 363 g/mol. The fourth-order valence-electron chi connectivity index (χ4n) is 1.88. The molecule has 0 bridgehead atoms. The number of quaternary nitrogens is 1.